The lowest BCUT2D eigenvalue weighted by atomic mass is 10.1. The van der Waals surface area contributed by atoms with Crippen molar-refractivity contribution in [3.05, 3.63) is 0 Å². The van der Waals surface area contributed by atoms with Crippen LogP contribution in [0.2, 0.25) is 0 Å². The molecule has 1 fully saturated rings. The predicted octanol–water partition coefficient (Wildman–Crippen LogP) is -0.511. The van der Waals surface area contributed by atoms with Crippen molar-refractivity contribution in [1.82, 2.24) is 15.5 Å². The number of piperidine rings is 1. The fourth-order valence-electron chi connectivity index (χ4n) is 2.40. The van der Waals surface area contributed by atoms with Crippen molar-refractivity contribution in [3.8, 4) is 0 Å². The number of nitrogens with two attached hydrogens (primary N) is 1. The number of urea groups is 1. The van der Waals surface area contributed by atoms with Gasteiger partial charge in [0, 0.05) is 12.6 Å². The molecule has 0 aliphatic carbocycles. The lowest BCUT2D eigenvalue weighted by molar-refractivity contribution is -0.140. The van der Waals surface area contributed by atoms with E-state index in [9.17, 15) is 14.4 Å². The number of aliphatic carboxylic acids is 1. The molecule has 21 heavy (non-hydrogen) atoms. The Morgan fingerprint density at radius 3 is 2.33 bits per heavy atom. The Morgan fingerprint density at radius 2 is 1.81 bits per heavy atom. The standard InChI is InChI=1S/C13H24N4O4/c1-9(8-17-5-3-2-4-6-17)15-13(21)16-10(12(19)20)7-11(14)18/h9-10H,2-8H2,1H3,(H2,14,18)(H,19,20)(H2,15,16,21)/t9?,10-/m0/s1. The fraction of sp³-hybridized carbons (Fsp3) is 0.769. The van der Waals surface area contributed by atoms with Crippen LogP contribution >= 0.6 is 0 Å². The number of carboxylic acids is 1. The number of nitrogens with zero attached hydrogens (tertiary/aromatic N) is 1. The summed E-state index contributed by atoms with van der Waals surface area (Å²) >= 11 is 0. The molecule has 0 radical (unpaired) electrons. The number of carbonyl (C=O) groups excluding carboxylic acids is 2. The molecule has 0 bridgehead atoms. The Morgan fingerprint density at radius 1 is 1.19 bits per heavy atom. The van der Waals surface area contributed by atoms with E-state index in [2.05, 4.69) is 15.5 Å². The zero-order valence-corrected chi connectivity index (χ0v) is 12.3. The Kier molecular flexibility index (Phi) is 6.93. The molecule has 5 N–H and O–H groups in total. The highest BCUT2D eigenvalue weighted by atomic mass is 16.4. The van der Waals surface area contributed by atoms with Crippen LogP contribution in [0, 0.1) is 0 Å². The number of hydrogen-bond acceptors (Lipinski definition) is 4. The molecule has 0 spiro atoms. The van der Waals surface area contributed by atoms with Gasteiger partial charge in [-0.3, -0.25) is 4.79 Å². The summed E-state index contributed by atoms with van der Waals surface area (Å²) in [7, 11) is 0. The van der Waals surface area contributed by atoms with Crippen LogP contribution in [-0.2, 0) is 9.59 Å². The van der Waals surface area contributed by atoms with Gasteiger partial charge in [-0.05, 0) is 32.9 Å². The molecule has 1 aliphatic rings. The van der Waals surface area contributed by atoms with Gasteiger partial charge >= 0.3 is 12.0 Å². The van der Waals surface area contributed by atoms with Gasteiger partial charge in [0.1, 0.15) is 6.04 Å². The van der Waals surface area contributed by atoms with Gasteiger partial charge in [0.15, 0.2) is 0 Å². The number of carbonyl (C=O) groups is 3. The van der Waals surface area contributed by atoms with Gasteiger partial charge < -0.3 is 26.4 Å². The molecule has 8 nitrogen and oxygen atoms in total. The highest BCUT2D eigenvalue weighted by Crippen LogP contribution is 2.08. The SMILES string of the molecule is CC(CN1CCCCC1)NC(=O)N[C@@H](CC(N)=O)C(=O)O. The molecule has 1 unspecified atom stereocenters. The summed E-state index contributed by atoms with van der Waals surface area (Å²) < 4.78 is 0. The number of primary amides is 1. The van der Waals surface area contributed by atoms with Gasteiger partial charge in [-0.2, -0.15) is 0 Å². The highest BCUT2D eigenvalue weighted by Gasteiger charge is 2.23. The maximum atomic E-state index is 11.7. The number of carboxylic acid groups (broad SMARTS) is 1. The van der Waals surface area contributed by atoms with Crippen molar-refractivity contribution < 1.29 is 19.5 Å². The second kappa shape index (κ2) is 8.46. The molecule has 0 aromatic carbocycles. The van der Waals surface area contributed by atoms with E-state index in [0.717, 1.165) is 19.6 Å². The second-order valence-corrected chi connectivity index (χ2v) is 5.44. The zero-order valence-electron chi connectivity index (χ0n) is 12.3. The fourth-order valence-corrected chi connectivity index (χ4v) is 2.40. The van der Waals surface area contributed by atoms with Gasteiger partial charge in [-0.15, -0.1) is 0 Å². The van der Waals surface area contributed by atoms with Gasteiger partial charge in [-0.25, -0.2) is 9.59 Å². The number of rotatable bonds is 7. The van der Waals surface area contributed by atoms with Crippen molar-refractivity contribution in [3.63, 3.8) is 0 Å². The van der Waals surface area contributed by atoms with Crippen LogP contribution in [0.1, 0.15) is 32.6 Å². The lowest BCUT2D eigenvalue weighted by Gasteiger charge is -2.29. The van der Waals surface area contributed by atoms with Crippen LogP contribution in [0.5, 0.6) is 0 Å². The first kappa shape index (κ1) is 17.2. The molecule has 2 atom stereocenters. The summed E-state index contributed by atoms with van der Waals surface area (Å²) in [5.74, 6) is -2.06. The van der Waals surface area contributed by atoms with Gasteiger partial charge in [0.25, 0.3) is 0 Å². The van der Waals surface area contributed by atoms with Crippen LogP contribution in [0.3, 0.4) is 0 Å². The molecule has 0 aromatic heterocycles. The van der Waals surface area contributed by atoms with Gasteiger partial charge in [-0.1, -0.05) is 6.42 Å². The van der Waals surface area contributed by atoms with E-state index in [1.54, 1.807) is 0 Å². The second-order valence-electron chi connectivity index (χ2n) is 5.44. The molecule has 3 amide bonds. The van der Waals surface area contributed by atoms with Crippen LogP contribution in [0.15, 0.2) is 0 Å². The summed E-state index contributed by atoms with van der Waals surface area (Å²) in [6, 6.07) is -2.01. The van der Waals surface area contributed by atoms with E-state index in [-0.39, 0.29) is 6.04 Å². The number of hydrogen-bond donors (Lipinski definition) is 4. The molecular formula is C13H24N4O4. The minimum absolute atomic E-state index is 0.105. The Hall–Kier alpha value is -1.83. The largest absolute Gasteiger partial charge is 0.480 e. The average Bonchev–Trinajstić information content (AvgIpc) is 2.38. The number of nitrogens with one attached hydrogen (secondary N) is 2. The van der Waals surface area contributed by atoms with Crippen molar-refractivity contribution in [2.75, 3.05) is 19.6 Å². The van der Waals surface area contributed by atoms with E-state index in [1.165, 1.54) is 19.3 Å². The Labute approximate surface area is 124 Å². The third kappa shape index (κ3) is 6.94. The summed E-state index contributed by atoms with van der Waals surface area (Å²) in [5.41, 5.74) is 4.95. The summed E-state index contributed by atoms with van der Waals surface area (Å²) in [6.45, 7) is 4.62. The first-order chi connectivity index (χ1) is 9.88. The molecule has 1 heterocycles. The summed E-state index contributed by atoms with van der Waals surface area (Å²) in [5, 5.41) is 13.8. The molecule has 0 saturated carbocycles. The Balaban J connectivity index is 2.36. The average molecular weight is 300 g/mol. The Bertz CT molecular complexity index is 382. The summed E-state index contributed by atoms with van der Waals surface area (Å²) in [4.78, 5) is 35.7. The number of amides is 3. The monoisotopic (exact) mass is 300 g/mol. The minimum Gasteiger partial charge on any atom is -0.480 e. The first-order valence-corrected chi connectivity index (χ1v) is 7.19. The maximum Gasteiger partial charge on any atom is 0.326 e. The molecule has 0 aromatic rings. The van der Waals surface area contributed by atoms with Crippen LogP contribution < -0.4 is 16.4 Å². The van der Waals surface area contributed by atoms with E-state index in [4.69, 9.17) is 10.8 Å². The van der Waals surface area contributed by atoms with Crippen molar-refractivity contribution in [1.29, 1.82) is 0 Å². The summed E-state index contributed by atoms with van der Waals surface area (Å²) in [6.07, 6.45) is 3.15. The van der Waals surface area contributed by atoms with Crippen molar-refractivity contribution in [2.45, 2.75) is 44.7 Å². The normalized spacial score (nSPS) is 18.5. The number of likely N-dealkylation sites (tertiary alicyclic amines) is 1. The van der Waals surface area contributed by atoms with Gasteiger partial charge in [0.2, 0.25) is 5.91 Å². The molecule has 1 rings (SSSR count). The molecule has 1 aliphatic heterocycles. The minimum atomic E-state index is -1.30. The third-order valence-corrected chi connectivity index (χ3v) is 3.37. The smallest absolute Gasteiger partial charge is 0.326 e. The lowest BCUT2D eigenvalue weighted by Crippen LogP contribution is -2.52. The van der Waals surface area contributed by atoms with Crippen molar-refractivity contribution in [2.24, 2.45) is 5.73 Å². The van der Waals surface area contributed by atoms with E-state index in [1.807, 2.05) is 6.92 Å². The predicted molar refractivity (Wildman–Crippen MR) is 76.7 cm³/mol. The maximum absolute atomic E-state index is 11.7. The van der Waals surface area contributed by atoms with Gasteiger partial charge in [0.05, 0.1) is 6.42 Å². The van der Waals surface area contributed by atoms with E-state index < -0.39 is 30.4 Å². The zero-order chi connectivity index (χ0) is 15.8. The van der Waals surface area contributed by atoms with Crippen molar-refractivity contribution >= 4 is 17.9 Å². The molecular weight excluding hydrogens is 276 g/mol. The topological polar surface area (TPSA) is 125 Å². The first-order valence-electron chi connectivity index (χ1n) is 7.19. The van der Waals surface area contributed by atoms with E-state index in [0.29, 0.717) is 0 Å². The quantitative estimate of drug-likeness (QED) is 0.504. The highest BCUT2D eigenvalue weighted by molar-refractivity contribution is 5.87. The van der Waals surface area contributed by atoms with Crippen LogP contribution in [0.25, 0.3) is 0 Å². The molecule has 120 valence electrons. The van der Waals surface area contributed by atoms with Crippen LogP contribution in [-0.4, -0.2) is 59.6 Å². The third-order valence-electron chi connectivity index (χ3n) is 3.37. The van der Waals surface area contributed by atoms with E-state index >= 15 is 0 Å². The van der Waals surface area contributed by atoms with Crippen LogP contribution in [0.4, 0.5) is 4.79 Å². The molecule has 8 heteroatoms. The molecule has 1 saturated heterocycles.